The van der Waals surface area contributed by atoms with Crippen molar-refractivity contribution >= 4 is 11.3 Å². The molecule has 0 fully saturated rings. The SMILES string of the molecule is COc1ccc(Cc2cc(C)c(-c3cscn3)c(C)c2)cc1. The number of aryl methyl sites for hydroxylation is 2. The molecule has 22 heavy (non-hydrogen) atoms. The summed E-state index contributed by atoms with van der Waals surface area (Å²) in [5, 5.41) is 2.11. The molecular weight excluding hydrogens is 290 g/mol. The zero-order chi connectivity index (χ0) is 15.5. The monoisotopic (exact) mass is 309 g/mol. The first-order valence-corrected chi connectivity index (χ1v) is 8.23. The van der Waals surface area contributed by atoms with Crippen molar-refractivity contribution in [3.05, 3.63) is 69.5 Å². The third-order valence-electron chi connectivity index (χ3n) is 3.85. The molecule has 0 unspecified atom stereocenters. The van der Waals surface area contributed by atoms with Crippen molar-refractivity contribution in [3.8, 4) is 17.0 Å². The lowest BCUT2D eigenvalue weighted by Gasteiger charge is -2.11. The first-order chi connectivity index (χ1) is 10.7. The van der Waals surface area contributed by atoms with Gasteiger partial charge in [0.1, 0.15) is 5.75 Å². The fourth-order valence-electron chi connectivity index (χ4n) is 2.87. The smallest absolute Gasteiger partial charge is 0.118 e. The van der Waals surface area contributed by atoms with Crippen molar-refractivity contribution in [2.75, 3.05) is 7.11 Å². The van der Waals surface area contributed by atoms with E-state index in [1.165, 1.54) is 27.8 Å². The van der Waals surface area contributed by atoms with Gasteiger partial charge in [0.15, 0.2) is 0 Å². The third kappa shape index (κ3) is 3.04. The summed E-state index contributed by atoms with van der Waals surface area (Å²) in [7, 11) is 1.69. The highest BCUT2D eigenvalue weighted by Crippen LogP contribution is 2.29. The van der Waals surface area contributed by atoms with Crippen LogP contribution in [0, 0.1) is 13.8 Å². The topological polar surface area (TPSA) is 22.1 Å². The van der Waals surface area contributed by atoms with Crippen molar-refractivity contribution < 1.29 is 4.74 Å². The van der Waals surface area contributed by atoms with Crippen molar-refractivity contribution in [3.63, 3.8) is 0 Å². The van der Waals surface area contributed by atoms with E-state index < -0.39 is 0 Å². The van der Waals surface area contributed by atoms with Gasteiger partial charge >= 0.3 is 0 Å². The van der Waals surface area contributed by atoms with Gasteiger partial charge in [-0.1, -0.05) is 24.3 Å². The number of hydrogen-bond acceptors (Lipinski definition) is 3. The maximum Gasteiger partial charge on any atom is 0.118 e. The van der Waals surface area contributed by atoms with E-state index in [4.69, 9.17) is 4.74 Å². The highest BCUT2D eigenvalue weighted by atomic mass is 32.1. The largest absolute Gasteiger partial charge is 0.497 e. The summed E-state index contributed by atoms with van der Waals surface area (Å²) in [5.41, 5.74) is 9.43. The Bertz CT molecular complexity index is 738. The number of rotatable bonds is 4. The molecule has 1 aromatic heterocycles. The highest BCUT2D eigenvalue weighted by molar-refractivity contribution is 7.07. The van der Waals surface area contributed by atoms with E-state index in [1.807, 2.05) is 17.6 Å². The third-order valence-corrected chi connectivity index (χ3v) is 4.43. The standard InChI is InChI=1S/C19H19NOS/c1-13-8-16(10-15-4-6-17(21-3)7-5-15)9-14(2)19(13)18-11-22-12-20-18/h4-9,11-12H,10H2,1-3H3. The van der Waals surface area contributed by atoms with Crippen molar-refractivity contribution in [1.82, 2.24) is 4.98 Å². The zero-order valence-corrected chi connectivity index (χ0v) is 13.9. The van der Waals surface area contributed by atoms with Gasteiger partial charge in [0, 0.05) is 10.9 Å². The lowest BCUT2D eigenvalue weighted by Crippen LogP contribution is -1.95. The van der Waals surface area contributed by atoms with Gasteiger partial charge < -0.3 is 4.74 Å². The van der Waals surface area contributed by atoms with Gasteiger partial charge in [0.05, 0.1) is 18.3 Å². The summed E-state index contributed by atoms with van der Waals surface area (Å²) in [4.78, 5) is 4.45. The van der Waals surface area contributed by atoms with Crippen molar-refractivity contribution in [2.45, 2.75) is 20.3 Å². The van der Waals surface area contributed by atoms with Crippen LogP contribution in [0.5, 0.6) is 5.75 Å². The number of thiazole rings is 1. The summed E-state index contributed by atoms with van der Waals surface area (Å²) in [6, 6.07) is 12.8. The summed E-state index contributed by atoms with van der Waals surface area (Å²) >= 11 is 1.64. The van der Waals surface area contributed by atoms with Gasteiger partial charge in [0.25, 0.3) is 0 Å². The Balaban J connectivity index is 1.89. The molecule has 3 rings (SSSR count). The predicted molar refractivity (Wildman–Crippen MR) is 92.8 cm³/mol. The zero-order valence-electron chi connectivity index (χ0n) is 13.1. The van der Waals surface area contributed by atoms with E-state index in [9.17, 15) is 0 Å². The Kier molecular flexibility index (Phi) is 4.25. The van der Waals surface area contributed by atoms with Crippen LogP contribution in [0.1, 0.15) is 22.3 Å². The summed E-state index contributed by atoms with van der Waals surface area (Å²) in [6.07, 6.45) is 0.934. The Morgan fingerprint density at radius 1 is 1.00 bits per heavy atom. The van der Waals surface area contributed by atoms with Gasteiger partial charge in [-0.05, 0) is 54.7 Å². The van der Waals surface area contributed by atoms with Crippen LogP contribution in [0.3, 0.4) is 0 Å². The number of ether oxygens (including phenoxy) is 1. The van der Waals surface area contributed by atoms with E-state index in [0.29, 0.717) is 0 Å². The normalized spacial score (nSPS) is 10.7. The Morgan fingerprint density at radius 2 is 1.68 bits per heavy atom. The van der Waals surface area contributed by atoms with Gasteiger partial charge in [0.2, 0.25) is 0 Å². The molecule has 0 saturated carbocycles. The van der Waals surface area contributed by atoms with E-state index in [-0.39, 0.29) is 0 Å². The van der Waals surface area contributed by atoms with Crippen LogP contribution >= 0.6 is 11.3 Å². The highest BCUT2D eigenvalue weighted by Gasteiger charge is 2.09. The lowest BCUT2D eigenvalue weighted by molar-refractivity contribution is 0.414. The second-order valence-corrected chi connectivity index (χ2v) is 6.22. The fraction of sp³-hybridized carbons (Fsp3) is 0.211. The number of methoxy groups -OCH3 is 1. The molecule has 2 aromatic carbocycles. The minimum absolute atomic E-state index is 0.898. The Morgan fingerprint density at radius 3 is 2.23 bits per heavy atom. The molecule has 0 atom stereocenters. The average molecular weight is 309 g/mol. The quantitative estimate of drug-likeness (QED) is 0.674. The fourth-order valence-corrected chi connectivity index (χ4v) is 3.42. The summed E-state index contributed by atoms with van der Waals surface area (Å²) in [6.45, 7) is 4.33. The summed E-state index contributed by atoms with van der Waals surface area (Å²) < 4.78 is 5.21. The predicted octanol–water partition coefficient (Wildman–Crippen LogP) is 5.03. The van der Waals surface area contributed by atoms with Gasteiger partial charge in [-0.3, -0.25) is 0 Å². The number of benzene rings is 2. The van der Waals surface area contributed by atoms with E-state index in [2.05, 4.69) is 48.5 Å². The first-order valence-electron chi connectivity index (χ1n) is 7.29. The lowest BCUT2D eigenvalue weighted by atomic mass is 9.94. The maximum absolute atomic E-state index is 5.21. The van der Waals surface area contributed by atoms with Crippen LogP contribution in [0.4, 0.5) is 0 Å². The molecule has 0 radical (unpaired) electrons. The van der Waals surface area contributed by atoms with E-state index in [0.717, 1.165) is 17.9 Å². The van der Waals surface area contributed by atoms with Crippen molar-refractivity contribution in [1.29, 1.82) is 0 Å². The van der Waals surface area contributed by atoms with Crippen LogP contribution in [0.25, 0.3) is 11.3 Å². The molecular formula is C19H19NOS. The van der Waals surface area contributed by atoms with Crippen LogP contribution < -0.4 is 4.74 Å². The van der Waals surface area contributed by atoms with Gasteiger partial charge in [-0.2, -0.15) is 0 Å². The summed E-state index contributed by atoms with van der Waals surface area (Å²) in [5.74, 6) is 0.898. The van der Waals surface area contributed by atoms with Gasteiger partial charge in [-0.25, -0.2) is 4.98 Å². The maximum atomic E-state index is 5.21. The molecule has 0 N–H and O–H groups in total. The Labute approximate surface area is 135 Å². The van der Waals surface area contributed by atoms with Gasteiger partial charge in [-0.15, -0.1) is 11.3 Å². The number of nitrogens with zero attached hydrogens (tertiary/aromatic N) is 1. The first kappa shape index (κ1) is 14.8. The molecule has 3 aromatic rings. The average Bonchev–Trinajstić information content (AvgIpc) is 3.01. The molecule has 0 aliphatic rings. The molecule has 0 spiro atoms. The molecule has 0 aliphatic carbocycles. The van der Waals surface area contributed by atoms with Crippen molar-refractivity contribution in [2.24, 2.45) is 0 Å². The molecule has 0 saturated heterocycles. The minimum atomic E-state index is 0.898. The van der Waals surface area contributed by atoms with E-state index >= 15 is 0 Å². The number of aromatic nitrogens is 1. The number of hydrogen-bond donors (Lipinski definition) is 0. The van der Waals surface area contributed by atoms with Crippen LogP contribution in [0.2, 0.25) is 0 Å². The molecule has 0 amide bonds. The molecule has 0 aliphatic heterocycles. The second-order valence-electron chi connectivity index (χ2n) is 5.50. The molecule has 3 heteroatoms. The second kappa shape index (κ2) is 6.32. The Hall–Kier alpha value is -2.13. The van der Waals surface area contributed by atoms with E-state index in [1.54, 1.807) is 18.4 Å². The molecule has 1 heterocycles. The molecule has 2 nitrogen and oxygen atoms in total. The van der Waals surface area contributed by atoms with Crippen LogP contribution in [-0.4, -0.2) is 12.1 Å². The van der Waals surface area contributed by atoms with Crippen LogP contribution in [-0.2, 0) is 6.42 Å². The van der Waals surface area contributed by atoms with Crippen LogP contribution in [0.15, 0.2) is 47.3 Å². The molecule has 112 valence electrons. The minimum Gasteiger partial charge on any atom is -0.497 e. The molecule has 0 bridgehead atoms.